The first-order chi connectivity index (χ1) is 11.0. The van der Waals surface area contributed by atoms with E-state index in [0.29, 0.717) is 5.69 Å². The SMILES string of the molecule is CN1CCc2ccc(NC(=O)c3cccc([N+](=O)[O-])c3)cc2C1. The summed E-state index contributed by atoms with van der Waals surface area (Å²) in [6.07, 6.45) is 1.00. The molecule has 1 aliphatic heterocycles. The number of non-ortho nitro benzene ring substituents is 1. The lowest BCUT2D eigenvalue weighted by molar-refractivity contribution is -0.384. The van der Waals surface area contributed by atoms with Crippen molar-refractivity contribution in [2.75, 3.05) is 18.9 Å². The standard InChI is InChI=1S/C17H17N3O3/c1-19-8-7-12-5-6-15(9-14(12)11-19)18-17(21)13-3-2-4-16(10-13)20(22)23/h2-6,9-10H,7-8,11H2,1H3,(H,18,21). The first kappa shape index (κ1) is 15.2. The summed E-state index contributed by atoms with van der Waals surface area (Å²) in [6, 6.07) is 11.6. The van der Waals surface area contributed by atoms with Crippen molar-refractivity contribution in [1.82, 2.24) is 4.90 Å². The largest absolute Gasteiger partial charge is 0.322 e. The first-order valence-corrected chi connectivity index (χ1v) is 7.39. The van der Waals surface area contributed by atoms with Crippen LogP contribution >= 0.6 is 0 Å². The molecule has 0 bridgehead atoms. The molecule has 0 saturated carbocycles. The van der Waals surface area contributed by atoms with Crippen molar-refractivity contribution in [3.8, 4) is 0 Å². The quantitative estimate of drug-likeness (QED) is 0.698. The zero-order valence-electron chi connectivity index (χ0n) is 12.8. The number of hydrogen-bond donors (Lipinski definition) is 1. The van der Waals surface area contributed by atoms with Crippen molar-refractivity contribution >= 4 is 17.3 Å². The van der Waals surface area contributed by atoms with E-state index in [1.165, 1.54) is 29.3 Å². The van der Waals surface area contributed by atoms with E-state index < -0.39 is 4.92 Å². The zero-order chi connectivity index (χ0) is 16.4. The van der Waals surface area contributed by atoms with Crippen LogP contribution in [0.15, 0.2) is 42.5 Å². The van der Waals surface area contributed by atoms with Gasteiger partial charge >= 0.3 is 0 Å². The van der Waals surface area contributed by atoms with Crippen LogP contribution in [0.4, 0.5) is 11.4 Å². The van der Waals surface area contributed by atoms with E-state index in [1.807, 2.05) is 18.2 Å². The minimum Gasteiger partial charge on any atom is -0.322 e. The molecular formula is C17H17N3O3. The zero-order valence-corrected chi connectivity index (χ0v) is 12.8. The van der Waals surface area contributed by atoms with Crippen LogP contribution in [0.2, 0.25) is 0 Å². The smallest absolute Gasteiger partial charge is 0.270 e. The summed E-state index contributed by atoms with van der Waals surface area (Å²) < 4.78 is 0. The van der Waals surface area contributed by atoms with Crippen LogP contribution in [0.1, 0.15) is 21.5 Å². The van der Waals surface area contributed by atoms with E-state index in [-0.39, 0.29) is 17.2 Å². The normalized spacial score (nSPS) is 14.1. The van der Waals surface area contributed by atoms with Crippen LogP contribution in [-0.2, 0) is 13.0 Å². The fourth-order valence-corrected chi connectivity index (χ4v) is 2.74. The van der Waals surface area contributed by atoms with Gasteiger partial charge in [-0.25, -0.2) is 0 Å². The van der Waals surface area contributed by atoms with Crippen molar-refractivity contribution in [2.45, 2.75) is 13.0 Å². The summed E-state index contributed by atoms with van der Waals surface area (Å²) >= 11 is 0. The highest BCUT2D eigenvalue weighted by atomic mass is 16.6. The monoisotopic (exact) mass is 311 g/mol. The van der Waals surface area contributed by atoms with Crippen molar-refractivity contribution in [2.24, 2.45) is 0 Å². The average molecular weight is 311 g/mol. The lowest BCUT2D eigenvalue weighted by atomic mass is 9.99. The molecule has 0 saturated heterocycles. The maximum atomic E-state index is 12.3. The Bertz CT molecular complexity index is 773. The summed E-state index contributed by atoms with van der Waals surface area (Å²) in [6.45, 7) is 1.89. The Morgan fingerprint density at radius 1 is 1.22 bits per heavy atom. The predicted molar refractivity (Wildman–Crippen MR) is 87.5 cm³/mol. The van der Waals surface area contributed by atoms with E-state index in [1.54, 1.807) is 6.07 Å². The van der Waals surface area contributed by atoms with Gasteiger partial charge in [0, 0.05) is 36.5 Å². The van der Waals surface area contributed by atoms with Crippen LogP contribution in [0.5, 0.6) is 0 Å². The second-order valence-electron chi connectivity index (χ2n) is 5.73. The van der Waals surface area contributed by atoms with Gasteiger partial charge in [-0.3, -0.25) is 14.9 Å². The average Bonchev–Trinajstić information content (AvgIpc) is 2.54. The van der Waals surface area contributed by atoms with Gasteiger partial charge in [-0.1, -0.05) is 12.1 Å². The Hall–Kier alpha value is -2.73. The van der Waals surface area contributed by atoms with Crippen LogP contribution in [0, 0.1) is 10.1 Å². The maximum absolute atomic E-state index is 12.3. The van der Waals surface area contributed by atoms with E-state index in [2.05, 4.69) is 17.3 Å². The number of nitro benzene ring substituents is 1. The number of rotatable bonds is 3. The Morgan fingerprint density at radius 3 is 2.83 bits per heavy atom. The molecule has 118 valence electrons. The molecule has 1 aliphatic rings. The maximum Gasteiger partial charge on any atom is 0.270 e. The molecule has 1 amide bonds. The van der Waals surface area contributed by atoms with Gasteiger partial charge in [-0.2, -0.15) is 0 Å². The van der Waals surface area contributed by atoms with Crippen LogP contribution < -0.4 is 5.32 Å². The predicted octanol–water partition coefficient (Wildman–Crippen LogP) is 2.84. The fraction of sp³-hybridized carbons (Fsp3) is 0.235. The molecule has 6 heteroatoms. The third kappa shape index (κ3) is 3.37. The lowest BCUT2D eigenvalue weighted by Crippen LogP contribution is -2.26. The van der Waals surface area contributed by atoms with E-state index in [0.717, 1.165) is 19.5 Å². The Balaban J connectivity index is 1.79. The summed E-state index contributed by atoms with van der Waals surface area (Å²) in [5, 5.41) is 13.6. The summed E-state index contributed by atoms with van der Waals surface area (Å²) in [4.78, 5) is 24.8. The van der Waals surface area contributed by atoms with Gasteiger partial charge in [0.15, 0.2) is 0 Å². The lowest BCUT2D eigenvalue weighted by Gasteiger charge is -2.25. The van der Waals surface area contributed by atoms with Gasteiger partial charge in [0.25, 0.3) is 11.6 Å². The highest BCUT2D eigenvalue weighted by Crippen LogP contribution is 2.22. The molecule has 0 fully saturated rings. The third-order valence-corrected chi connectivity index (χ3v) is 3.99. The van der Waals surface area contributed by atoms with Crippen LogP contribution in [-0.4, -0.2) is 29.3 Å². The minimum absolute atomic E-state index is 0.0929. The number of fused-ring (bicyclic) bond motifs is 1. The Kier molecular flexibility index (Phi) is 4.08. The number of likely N-dealkylation sites (N-methyl/N-ethyl adjacent to an activating group) is 1. The summed E-state index contributed by atoms with van der Waals surface area (Å²) in [5.41, 5.74) is 3.39. The van der Waals surface area contributed by atoms with Gasteiger partial charge in [-0.15, -0.1) is 0 Å². The molecule has 3 rings (SSSR count). The topological polar surface area (TPSA) is 75.5 Å². The van der Waals surface area contributed by atoms with Gasteiger partial charge in [0.1, 0.15) is 0 Å². The number of nitrogens with zero attached hydrogens (tertiary/aromatic N) is 2. The number of carbonyl (C=O) groups excluding carboxylic acids is 1. The number of hydrogen-bond acceptors (Lipinski definition) is 4. The molecule has 0 unspecified atom stereocenters. The van der Waals surface area contributed by atoms with Crippen molar-refractivity contribution in [3.63, 3.8) is 0 Å². The van der Waals surface area contributed by atoms with Gasteiger partial charge in [0.2, 0.25) is 0 Å². The highest BCUT2D eigenvalue weighted by molar-refractivity contribution is 6.04. The molecule has 0 radical (unpaired) electrons. The van der Waals surface area contributed by atoms with Gasteiger partial charge in [0.05, 0.1) is 4.92 Å². The Labute approximate surface area is 133 Å². The third-order valence-electron chi connectivity index (χ3n) is 3.99. The van der Waals surface area contributed by atoms with Crippen molar-refractivity contribution < 1.29 is 9.72 Å². The fourth-order valence-electron chi connectivity index (χ4n) is 2.74. The number of benzene rings is 2. The van der Waals surface area contributed by atoms with Crippen LogP contribution in [0.3, 0.4) is 0 Å². The first-order valence-electron chi connectivity index (χ1n) is 7.39. The highest BCUT2D eigenvalue weighted by Gasteiger charge is 2.15. The molecule has 2 aromatic carbocycles. The van der Waals surface area contributed by atoms with E-state index in [9.17, 15) is 14.9 Å². The molecule has 0 atom stereocenters. The number of carbonyl (C=O) groups is 1. The molecular weight excluding hydrogens is 294 g/mol. The summed E-state index contributed by atoms with van der Waals surface area (Å²) in [5.74, 6) is -0.349. The molecule has 0 aliphatic carbocycles. The van der Waals surface area contributed by atoms with Crippen molar-refractivity contribution in [1.29, 1.82) is 0 Å². The molecule has 2 aromatic rings. The number of nitro groups is 1. The number of amides is 1. The minimum atomic E-state index is -0.508. The van der Waals surface area contributed by atoms with E-state index >= 15 is 0 Å². The van der Waals surface area contributed by atoms with E-state index in [4.69, 9.17) is 0 Å². The van der Waals surface area contributed by atoms with Gasteiger partial charge in [-0.05, 0) is 42.8 Å². The molecule has 0 aromatic heterocycles. The Morgan fingerprint density at radius 2 is 2.04 bits per heavy atom. The molecule has 1 N–H and O–H groups in total. The molecule has 0 spiro atoms. The number of anilines is 1. The summed E-state index contributed by atoms with van der Waals surface area (Å²) in [7, 11) is 2.07. The van der Waals surface area contributed by atoms with Gasteiger partial charge < -0.3 is 10.2 Å². The second-order valence-corrected chi connectivity index (χ2v) is 5.73. The molecule has 1 heterocycles. The number of nitrogens with one attached hydrogen (secondary N) is 1. The molecule has 23 heavy (non-hydrogen) atoms. The molecule has 6 nitrogen and oxygen atoms in total. The van der Waals surface area contributed by atoms with Crippen LogP contribution in [0.25, 0.3) is 0 Å². The second kappa shape index (κ2) is 6.18. The van der Waals surface area contributed by atoms with Crippen molar-refractivity contribution in [3.05, 3.63) is 69.3 Å².